The summed E-state index contributed by atoms with van der Waals surface area (Å²) in [5.41, 5.74) is 5.57. The summed E-state index contributed by atoms with van der Waals surface area (Å²) < 4.78 is 1.93. The van der Waals surface area contributed by atoms with Crippen molar-refractivity contribution >= 4 is 34.1 Å². The summed E-state index contributed by atoms with van der Waals surface area (Å²) >= 11 is 5.70. The lowest BCUT2D eigenvalue weighted by Crippen LogP contribution is -2.03. The van der Waals surface area contributed by atoms with Crippen molar-refractivity contribution in [3.8, 4) is 0 Å². The maximum absolute atomic E-state index is 7.35. The summed E-state index contributed by atoms with van der Waals surface area (Å²) in [6.07, 6.45) is 0. The van der Waals surface area contributed by atoms with E-state index in [4.69, 9.17) is 18.3 Å². The number of aryl methyl sites for hydroxylation is 2. The summed E-state index contributed by atoms with van der Waals surface area (Å²) in [6.45, 7) is 11.9. The van der Waals surface area contributed by atoms with Crippen LogP contribution in [-0.4, -0.2) is 9.78 Å². The van der Waals surface area contributed by atoms with Crippen molar-refractivity contribution in [1.29, 1.82) is 0 Å². The van der Waals surface area contributed by atoms with Crippen molar-refractivity contribution in [3.63, 3.8) is 0 Å². The number of benzene rings is 2. The van der Waals surface area contributed by atoms with E-state index in [1.807, 2.05) is 54.9 Å². The molecule has 22 heavy (non-hydrogen) atoms. The zero-order chi connectivity index (χ0) is 15.7. The first-order chi connectivity index (χ1) is 10.6. The topological polar surface area (TPSA) is 34.2 Å². The summed E-state index contributed by atoms with van der Waals surface area (Å²) in [4.78, 5) is 6.26. The van der Waals surface area contributed by atoms with Crippen LogP contribution in [-0.2, 0) is 6.54 Å². The largest absolute Gasteiger partial charge is 0.298 e. The zero-order valence-corrected chi connectivity index (χ0v) is 13.1. The lowest BCUT2D eigenvalue weighted by Gasteiger charge is -2.10. The van der Waals surface area contributed by atoms with Gasteiger partial charge in [0.05, 0.1) is 30.0 Å². The first-order valence-corrected chi connectivity index (χ1v) is 7.31. The molecule has 0 aliphatic carbocycles. The fourth-order valence-electron chi connectivity index (χ4n) is 2.67. The molecule has 0 saturated carbocycles. The van der Waals surface area contributed by atoms with E-state index in [1.165, 1.54) is 0 Å². The van der Waals surface area contributed by atoms with E-state index in [2.05, 4.69) is 14.8 Å². The number of aromatic nitrogens is 2. The van der Waals surface area contributed by atoms with Crippen molar-refractivity contribution < 1.29 is 0 Å². The van der Waals surface area contributed by atoms with Crippen molar-refractivity contribution in [2.45, 2.75) is 20.4 Å². The minimum atomic E-state index is 0.570. The lowest BCUT2D eigenvalue weighted by molar-refractivity contribution is 0.702. The van der Waals surface area contributed by atoms with Gasteiger partial charge >= 0.3 is 0 Å². The molecule has 0 aliphatic heterocycles. The van der Waals surface area contributed by atoms with Crippen LogP contribution >= 0.6 is 11.8 Å². The van der Waals surface area contributed by atoms with E-state index in [9.17, 15) is 0 Å². The first-order valence-electron chi connectivity index (χ1n) is 6.94. The highest BCUT2D eigenvalue weighted by Gasteiger charge is 2.12. The molecule has 5 heteroatoms. The highest BCUT2D eigenvalue weighted by atomic mass is 35.5. The summed E-state index contributed by atoms with van der Waals surface area (Å²) in [7, 11) is 0. The molecule has 0 unspecified atom stereocenters. The van der Waals surface area contributed by atoms with Gasteiger partial charge in [-0.1, -0.05) is 23.8 Å². The molecule has 0 amide bonds. The van der Waals surface area contributed by atoms with Crippen LogP contribution in [0.5, 0.6) is 0 Å². The number of anilines is 1. The smallest absolute Gasteiger partial charge is 0.192 e. The molecular formula is C17H15ClN4. The molecule has 110 valence electrons. The number of rotatable bonds is 3. The highest BCUT2D eigenvalue weighted by Crippen LogP contribution is 2.27. The van der Waals surface area contributed by atoms with Crippen molar-refractivity contribution in [1.82, 2.24) is 9.78 Å². The quantitative estimate of drug-likeness (QED) is 0.556. The van der Waals surface area contributed by atoms with Gasteiger partial charge in [-0.25, -0.2) is 4.85 Å². The van der Waals surface area contributed by atoms with E-state index in [0.717, 1.165) is 33.4 Å². The molecule has 1 heterocycles. The zero-order valence-electron chi connectivity index (χ0n) is 12.4. The predicted octanol–water partition coefficient (Wildman–Crippen LogP) is 4.82. The molecule has 0 saturated heterocycles. The molecule has 4 nitrogen and oxygen atoms in total. The Morgan fingerprint density at radius 2 is 2.09 bits per heavy atom. The summed E-state index contributed by atoms with van der Waals surface area (Å²) in [6, 6.07) is 11.7. The second kappa shape index (κ2) is 5.70. The van der Waals surface area contributed by atoms with Gasteiger partial charge in [0.2, 0.25) is 0 Å². The van der Waals surface area contributed by atoms with Gasteiger partial charge in [0, 0.05) is 17.2 Å². The molecule has 0 atom stereocenters. The second-order valence-corrected chi connectivity index (χ2v) is 5.44. The van der Waals surface area contributed by atoms with E-state index in [-0.39, 0.29) is 0 Å². The SMILES string of the molecule is [C-]#[N+]c1cccc(C)c1Cn1nc(C)c2ccc(NCl)cc21. The van der Waals surface area contributed by atoms with E-state index >= 15 is 0 Å². The van der Waals surface area contributed by atoms with Crippen LogP contribution in [0.15, 0.2) is 36.4 Å². The van der Waals surface area contributed by atoms with Crippen LogP contribution in [0, 0.1) is 20.4 Å². The maximum Gasteiger partial charge on any atom is 0.192 e. The van der Waals surface area contributed by atoms with Crippen LogP contribution in [0.4, 0.5) is 11.4 Å². The Morgan fingerprint density at radius 3 is 2.82 bits per heavy atom. The molecular weight excluding hydrogens is 296 g/mol. The maximum atomic E-state index is 7.35. The van der Waals surface area contributed by atoms with Crippen LogP contribution in [0.2, 0.25) is 0 Å². The first kappa shape index (κ1) is 14.4. The number of nitrogens with zero attached hydrogens (tertiary/aromatic N) is 3. The molecule has 1 N–H and O–H groups in total. The molecule has 3 aromatic rings. The fraction of sp³-hybridized carbons (Fsp3) is 0.176. The third kappa shape index (κ3) is 2.40. The van der Waals surface area contributed by atoms with Crippen molar-refractivity contribution in [2.24, 2.45) is 0 Å². The van der Waals surface area contributed by atoms with Crippen molar-refractivity contribution in [2.75, 3.05) is 4.84 Å². The fourth-order valence-corrected chi connectivity index (χ4v) is 2.78. The Bertz CT molecular complexity index is 890. The number of hydrogen-bond acceptors (Lipinski definition) is 2. The van der Waals surface area contributed by atoms with E-state index < -0.39 is 0 Å². The Hall–Kier alpha value is -2.51. The van der Waals surface area contributed by atoms with Gasteiger partial charge in [-0.3, -0.25) is 9.52 Å². The molecule has 3 rings (SSSR count). The lowest BCUT2D eigenvalue weighted by atomic mass is 10.1. The van der Waals surface area contributed by atoms with Crippen molar-refractivity contribution in [3.05, 3.63) is 64.6 Å². The van der Waals surface area contributed by atoms with Gasteiger partial charge in [-0.05, 0) is 37.6 Å². The monoisotopic (exact) mass is 310 g/mol. The molecule has 0 fully saturated rings. The minimum Gasteiger partial charge on any atom is -0.298 e. The Morgan fingerprint density at radius 1 is 1.27 bits per heavy atom. The molecule has 0 aliphatic rings. The van der Waals surface area contributed by atoms with E-state index in [0.29, 0.717) is 12.2 Å². The standard InChI is InChI=1S/C17H15ClN4/c1-11-5-4-6-16(19-3)15(11)10-22-17-9-13(20-18)7-8-14(17)12(2)21-22/h4-9,20H,10H2,1-2H3. The van der Waals surface area contributed by atoms with Crippen LogP contribution < -0.4 is 4.84 Å². The predicted molar refractivity (Wildman–Crippen MR) is 90.5 cm³/mol. The molecule has 1 aromatic heterocycles. The van der Waals surface area contributed by atoms with Crippen LogP contribution in [0.1, 0.15) is 16.8 Å². The molecule has 2 aromatic carbocycles. The number of hydrogen-bond donors (Lipinski definition) is 1. The normalized spacial score (nSPS) is 10.6. The third-order valence-corrected chi connectivity index (χ3v) is 4.08. The van der Waals surface area contributed by atoms with Gasteiger partial charge in [0.25, 0.3) is 0 Å². The number of nitrogens with one attached hydrogen (secondary N) is 1. The average molecular weight is 311 g/mol. The Balaban J connectivity index is 2.14. The number of halogens is 1. The summed E-state index contributed by atoms with van der Waals surface area (Å²) in [5, 5.41) is 5.71. The minimum absolute atomic E-state index is 0.570. The van der Waals surface area contributed by atoms with Crippen LogP contribution in [0.3, 0.4) is 0 Å². The Kier molecular flexibility index (Phi) is 3.74. The average Bonchev–Trinajstić information content (AvgIpc) is 2.85. The van der Waals surface area contributed by atoms with Crippen LogP contribution in [0.25, 0.3) is 15.7 Å². The van der Waals surface area contributed by atoms with Gasteiger partial charge in [-0.2, -0.15) is 5.10 Å². The van der Waals surface area contributed by atoms with Gasteiger partial charge in [0.1, 0.15) is 0 Å². The summed E-state index contributed by atoms with van der Waals surface area (Å²) in [5.74, 6) is 0. The second-order valence-electron chi connectivity index (χ2n) is 5.25. The third-order valence-electron chi connectivity index (χ3n) is 3.86. The molecule has 0 bridgehead atoms. The van der Waals surface area contributed by atoms with Gasteiger partial charge in [-0.15, -0.1) is 0 Å². The number of fused-ring (bicyclic) bond motifs is 1. The van der Waals surface area contributed by atoms with E-state index in [1.54, 1.807) is 0 Å². The molecule has 0 spiro atoms. The van der Waals surface area contributed by atoms with Gasteiger partial charge < -0.3 is 0 Å². The Labute approximate surface area is 134 Å². The molecule has 0 radical (unpaired) electrons. The van der Waals surface area contributed by atoms with Gasteiger partial charge in [0.15, 0.2) is 5.69 Å². The highest BCUT2D eigenvalue weighted by molar-refractivity contribution is 6.24.